The Hall–Kier alpha value is -6.12. The van der Waals surface area contributed by atoms with E-state index in [-0.39, 0.29) is 5.41 Å². The summed E-state index contributed by atoms with van der Waals surface area (Å²) in [4.78, 5) is 4.83. The van der Waals surface area contributed by atoms with E-state index in [0.29, 0.717) is 0 Å². The summed E-state index contributed by atoms with van der Waals surface area (Å²) in [6.45, 7) is 4.76. The van der Waals surface area contributed by atoms with E-state index in [9.17, 15) is 0 Å². The van der Waals surface area contributed by atoms with E-state index in [4.69, 9.17) is 0 Å². The molecular formula is C47H36N2. The van der Waals surface area contributed by atoms with Gasteiger partial charge in [0.05, 0.1) is 5.69 Å². The van der Waals surface area contributed by atoms with Gasteiger partial charge in [-0.05, 0) is 93.5 Å². The molecule has 0 fully saturated rings. The average Bonchev–Trinajstić information content (AvgIpc) is 3.39. The Bertz CT molecular complexity index is 2430. The molecule has 2 heteroatoms. The zero-order valence-electron chi connectivity index (χ0n) is 27.7. The zero-order valence-corrected chi connectivity index (χ0v) is 27.7. The van der Waals surface area contributed by atoms with Crippen LogP contribution < -0.4 is 9.80 Å². The molecule has 49 heavy (non-hydrogen) atoms. The van der Waals surface area contributed by atoms with Crippen molar-refractivity contribution < 1.29 is 0 Å². The van der Waals surface area contributed by atoms with E-state index in [1.807, 2.05) is 0 Å². The van der Waals surface area contributed by atoms with Gasteiger partial charge in [-0.15, -0.1) is 0 Å². The van der Waals surface area contributed by atoms with Gasteiger partial charge < -0.3 is 9.80 Å². The molecule has 1 aliphatic rings. The van der Waals surface area contributed by atoms with Crippen molar-refractivity contribution in [3.8, 4) is 11.1 Å². The molecule has 0 spiro atoms. The van der Waals surface area contributed by atoms with E-state index in [0.717, 1.165) is 28.4 Å². The molecule has 0 unspecified atom stereocenters. The van der Waals surface area contributed by atoms with E-state index >= 15 is 0 Å². The Morgan fingerprint density at radius 1 is 0.367 bits per heavy atom. The average molecular weight is 629 g/mol. The molecule has 8 aromatic rings. The predicted octanol–water partition coefficient (Wildman–Crippen LogP) is 13.2. The van der Waals surface area contributed by atoms with E-state index in [2.05, 4.69) is 206 Å². The maximum atomic E-state index is 2.49. The highest BCUT2D eigenvalue weighted by Gasteiger charge is 2.39. The lowest BCUT2D eigenvalue weighted by atomic mass is 9.81. The zero-order chi connectivity index (χ0) is 33.0. The first-order valence-electron chi connectivity index (χ1n) is 17.0. The molecule has 0 bridgehead atoms. The van der Waals surface area contributed by atoms with Gasteiger partial charge in [-0.3, -0.25) is 0 Å². The van der Waals surface area contributed by atoms with Gasteiger partial charge in [0.25, 0.3) is 0 Å². The third-order valence-corrected chi connectivity index (χ3v) is 10.2. The van der Waals surface area contributed by atoms with Crippen LogP contribution in [0.25, 0.3) is 32.7 Å². The van der Waals surface area contributed by atoms with Crippen LogP contribution in [0.3, 0.4) is 0 Å². The minimum atomic E-state index is -0.159. The third-order valence-electron chi connectivity index (χ3n) is 10.2. The van der Waals surface area contributed by atoms with Crippen molar-refractivity contribution in [2.75, 3.05) is 9.80 Å². The van der Waals surface area contributed by atoms with Crippen LogP contribution in [0.4, 0.5) is 34.1 Å². The molecule has 0 saturated heterocycles. The minimum absolute atomic E-state index is 0.159. The summed E-state index contributed by atoms with van der Waals surface area (Å²) in [7, 11) is 0. The molecular weight excluding hydrogens is 593 g/mol. The van der Waals surface area contributed by atoms with Crippen LogP contribution in [0.2, 0.25) is 0 Å². The van der Waals surface area contributed by atoms with Gasteiger partial charge in [0.15, 0.2) is 0 Å². The highest BCUT2D eigenvalue weighted by atomic mass is 15.2. The number of anilines is 6. The highest BCUT2D eigenvalue weighted by molar-refractivity contribution is 6.17. The van der Waals surface area contributed by atoms with E-state index in [1.54, 1.807) is 0 Å². The van der Waals surface area contributed by atoms with Crippen molar-refractivity contribution in [3.63, 3.8) is 0 Å². The molecule has 0 heterocycles. The van der Waals surface area contributed by atoms with Crippen molar-refractivity contribution in [2.24, 2.45) is 0 Å². The molecule has 0 aliphatic heterocycles. The van der Waals surface area contributed by atoms with Crippen LogP contribution >= 0.6 is 0 Å². The molecule has 0 N–H and O–H groups in total. The van der Waals surface area contributed by atoms with Crippen molar-refractivity contribution in [3.05, 3.63) is 193 Å². The number of nitrogens with zero attached hydrogens (tertiary/aromatic N) is 2. The fraction of sp³-hybridized carbons (Fsp3) is 0.0638. The Labute approximate surface area is 288 Å². The molecule has 1 aliphatic carbocycles. The first-order valence-corrected chi connectivity index (χ1v) is 17.0. The molecule has 0 aromatic heterocycles. The lowest BCUT2D eigenvalue weighted by Gasteiger charge is -2.32. The summed E-state index contributed by atoms with van der Waals surface area (Å²) >= 11 is 0. The number of hydrogen-bond acceptors (Lipinski definition) is 2. The van der Waals surface area contributed by atoms with E-state index < -0.39 is 0 Å². The lowest BCUT2D eigenvalue weighted by molar-refractivity contribution is 0.661. The quantitative estimate of drug-likeness (QED) is 0.169. The SMILES string of the molecule is CC1(C)c2ccccc2-c2c1cc1c(ccc3ccccc31)c2N(c1ccccc1)c1cccc(N(c2ccccc2)c2ccccc2)c1. The van der Waals surface area contributed by atoms with Crippen molar-refractivity contribution in [1.29, 1.82) is 0 Å². The summed E-state index contributed by atoms with van der Waals surface area (Å²) in [6.07, 6.45) is 0. The highest BCUT2D eigenvalue weighted by Crippen LogP contribution is 2.57. The standard InChI is InChI=1S/C47H36N2/c1-47(2)43-28-15-14-27-41(43)45-44(47)32-42-39-26-13-12-17-33(39)29-30-40(42)46(45)49(36-22-10-5-11-23-36)38-25-16-24-37(31-38)48(34-18-6-3-7-19-34)35-20-8-4-9-21-35/h3-32H,1-2H3. The van der Waals surface area contributed by atoms with Crippen LogP contribution in [0.1, 0.15) is 25.0 Å². The molecule has 0 amide bonds. The second-order valence-corrected chi connectivity index (χ2v) is 13.4. The van der Waals surface area contributed by atoms with Gasteiger partial charge in [-0.2, -0.15) is 0 Å². The maximum absolute atomic E-state index is 2.49. The summed E-state index contributed by atoms with van der Waals surface area (Å²) in [5.74, 6) is 0. The molecule has 9 rings (SSSR count). The number of para-hydroxylation sites is 3. The van der Waals surface area contributed by atoms with Crippen molar-refractivity contribution in [2.45, 2.75) is 19.3 Å². The van der Waals surface area contributed by atoms with Gasteiger partial charge in [-0.25, -0.2) is 0 Å². The maximum Gasteiger partial charge on any atom is 0.0621 e. The van der Waals surface area contributed by atoms with Gasteiger partial charge in [0.1, 0.15) is 0 Å². The number of fused-ring (bicyclic) bond motifs is 6. The second kappa shape index (κ2) is 11.5. The van der Waals surface area contributed by atoms with Crippen molar-refractivity contribution in [1.82, 2.24) is 0 Å². The summed E-state index contributed by atoms with van der Waals surface area (Å²) in [5, 5.41) is 5.04. The molecule has 234 valence electrons. The van der Waals surface area contributed by atoms with Crippen LogP contribution in [0, 0.1) is 0 Å². The van der Waals surface area contributed by atoms with Gasteiger partial charge >= 0.3 is 0 Å². The molecule has 0 radical (unpaired) electrons. The third kappa shape index (κ3) is 4.71. The molecule has 8 aromatic carbocycles. The van der Waals surface area contributed by atoms with Crippen molar-refractivity contribution >= 4 is 55.7 Å². The first kappa shape index (κ1) is 29.1. The Morgan fingerprint density at radius 3 is 1.57 bits per heavy atom. The van der Waals surface area contributed by atoms with Crippen LogP contribution in [-0.2, 0) is 5.41 Å². The van der Waals surface area contributed by atoms with Crippen LogP contribution in [-0.4, -0.2) is 0 Å². The van der Waals surface area contributed by atoms with Crippen LogP contribution in [0.5, 0.6) is 0 Å². The molecule has 0 saturated carbocycles. The van der Waals surface area contributed by atoms with Crippen LogP contribution in [0.15, 0.2) is 182 Å². The Morgan fingerprint density at radius 2 is 0.898 bits per heavy atom. The number of rotatable bonds is 6. The van der Waals surface area contributed by atoms with Gasteiger partial charge in [-0.1, -0.05) is 135 Å². The number of benzene rings is 8. The molecule has 2 nitrogen and oxygen atoms in total. The topological polar surface area (TPSA) is 6.48 Å². The van der Waals surface area contributed by atoms with E-state index in [1.165, 1.54) is 49.5 Å². The number of hydrogen-bond donors (Lipinski definition) is 0. The molecule has 0 atom stereocenters. The van der Waals surface area contributed by atoms with Gasteiger partial charge in [0, 0.05) is 44.8 Å². The minimum Gasteiger partial charge on any atom is -0.310 e. The largest absolute Gasteiger partial charge is 0.310 e. The Kier molecular flexibility index (Phi) is 6.84. The summed E-state index contributed by atoms with van der Waals surface area (Å²) in [6, 6.07) is 66.0. The monoisotopic (exact) mass is 628 g/mol. The smallest absolute Gasteiger partial charge is 0.0621 e. The summed E-state index contributed by atoms with van der Waals surface area (Å²) in [5.41, 5.74) is 11.9. The lowest BCUT2D eigenvalue weighted by Crippen LogP contribution is -2.17. The van der Waals surface area contributed by atoms with Gasteiger partial charge in [0.2, 0.25) is 0 Å². The normalized spacial score (nSPS) is 12.9. The fourth-order valence-electron chi connectivity index (χ4n) is 7.88. The fourth-order valence-corrected chi connectivity index (χ4v) is 7.88. The second-order valence-electron chi connectivity index (χ2n) is 13.4. The summed E-state index contributed by atoms with van der Waals surface area (Å²) < 4.78 is 0. The Balaban J connectivity index is 1.37. The first-order chi connectivity index (χ1) is 24.1. The predicted molar refractivity (Wildman–Crippen MR) is 208 cm³/mol.